The fourth-order valence-corrected chi connectivity index (χ4v) is 5.84. The quantitative estimate of drug-likeness (QED) is 0.380. The molecular formula is C24H34O8S. The molecule has 0 aliphatic carbocycles. The highest BCUT2D eigenvalue weighted by molar-refractivity contribution is 7.91. The van der Waals surface area contributed by atoms with E-state index in [1.807, 2.05) is 36.4 Å². The largest absolute Gasteiger partial charge is 0.374 e. The number of hydrogen-bond donors (Lipinski definition) is 0. The Kier molecular flexibility index (Phi) is 9.99. The Morgan fingerprint density at radius 3 is 1.15 bits per heavy atom. The molecule has 0 amide bonds. The highest BCUT2D eigenvalue weighted by atomic mass is 32.2. The smallest absolute Gasteiger partial charge is 0.222 e. The molecule has 0 N–H and O–H groups in total. The maximum absolute atomic E-state index is 13.4. The van der Waals surface area contributed by atoms with Gasteiger partial charge in [-0.05, 0) is 0 Å². The van der Waals surface area contributed by atoms with Crippen LogP contribution in [0.25, 0.3) is 0 Å². The first-order valence-electron chi connectivity index (χ1n) is 10.4. The molecule has 8 nitrogen and oxygen atoms in total. The van der Waals surface area contributed by atoms with Crippen molar-refractivity contribution in [1.82, 2.24) is 0 Å². The average molecular weight is 483 g/mol. The van der Waals surface area contributed by atoms with Crippen LogP contribution in [0.2, 0.25) is 0 Å². The SMILES string of the molecule is COC(CS(=O)(=O)CC(OC)C(OC)(OC)c1ccccc1)C(OC)(OC)c1ccccc1. The topological polar surface area (TPSA) is 89.5 Å². The summed E-state index contributed by atoms with van der Waals surface area (Å²) < 4.78 is 60.8. The van der Waals surface area contributed by atoms with Gasteiger partial charge < -0.3 is 28.4 Å². The van der Waals surface area contributed by atoms with E-state index in [1.165, 1.54) is 42.7 Å². The van der Waals surface area contributed by atoms with E-state index in [2.05, 4.69) is 0 Å². The molecule has 0 saturated heterocycles. The van der Waals surface area contributed by atoms with Crippen LogP contribution in [0.1, 0.15) is 11.1 Å². The van der Waals surface area contributed by atoms with Gasteiger partial charge in [-0.2, -0.15) is 0 Å². The van der Waals surface area contributed by atoms with Gasteiger partial charge in [0.05, 0.1) is 11.5 Å². The zero-order valence-electron chi connectivity index (χ0n) is 20.0. The Balaban J connectivity index is 2.39. The molecule has 0 aliphatic rings. The van der Waals surface area contributed by atoms with Gasteiger partial charge in [0.15, 0.2) is 9.84 Å². The molecule has 0 saturated carbocycles. The van der Waals surface area contributed by atoms with Crippen LogP contribution in [0.5, 0.6) is 0 Å². The van der Waals surface area contributed by atoms with Crippen LogP contribution in [-0.4, -0.2) is 74.8 Å². The van der Waals surface area contributed by atoms with E-state index >= 15 is 0 Å². The first-order valence-corrected chi connectivity index (χ1v) is 12.2. The monoisotopic (exact) mass is 482 g/mol. The van der Waals surface area contributed by atoms with E-state index in [4.69, 9.17) is 28.4 Å². The lowest BCUT2D eigenvalue weighted by Crippen LogP contribution is -2.51. The predicted molar refractivity (Wildman–Crippen MR) is 125 cm³/mol. The lowest BCUT2D eigenvalue weighted by Gasteiger charge is -2.39. The molecule has 0 heterocycles. The van der Waals surface area contributed by atoms with Gasteiger partial charge in [0.25, 0.3) is 0 Å². The second-order valence-corrected chi connectivity index (χ2v) is 9.56. The standard InChI is InChI=1S/C24H34O8S/c1-27-21(23(29-3,30-4)19-13-9-7-10-14-19)17-33(25,26)18-22(28-2)24(31-5,32-6)20-15-11-8-12-16-20/h7-16,21-22H,17-18H2,1-6H3. The van der Waals surface area contributed by atoms with Crippen molar-refractivity contribution >= 4 is 9.84 Å². The number of ether oxygens (including phenoxy) is 6. The number of rotatable bonds is 14. The molecule has 0 radical (unpaired) electrons. The molecule has 184 valence electrons. The van der Waals surface area contributed by atoms with Crippen molar-refractivity contribution in [3.05, 3.63) is 71.8 Å². The van der Waals surface area contributed by atoms with Crippen molar-refractivity contribution in [2.75, 3.05) is 54.2 Å². The van der Waals surface area contributed by atoms with Crippen LogP contribution in [0.15, 0.2) is 60.7 Å². The summed E-state index contributed by atoms with van der Waals surface area (Å²) in [6, 6.07) is 18.1. The minimum Gasteiger partial charge on any atom is -0.374 e. The van der Waals surface area contributed by atoms with Crippen molar-refractivity contribution in [1.29, 1.82) is 0 Å². The maximum atomic E-state index is 13.4. The third-order valence-corrected chi connectivity index (χ3v) is 7.41. The molecule has 2 atom stereocenters. The first kappa shape index (κ1) is 27.4. The minimum absolute atomic E-state index is 0.391. The third kappa shape index (κ3) is 5.81. The molecule has 0 spiro atoms. The number of methoxy groups -OCH3 is 6. The molecule has 0 aliphatic heterocycles. The highest BCUT2D eigenvalue weighted by Crippen LogP contribution is 2.35. The summed E-state index contributed by atoms with van der Waals surface area (Å²) in [6.07, 6.45) is -1.93. The van der Waals surface area contributed by atoms with Gasteiger partial charge in [-0.25, -0.2) is 8.42 Å². The molecule has 2 unspecified atom stereocenters. The fraction of sp³-hybridized carbons (Fsp3) is 0.500. The summed E-state index contributed by atoms with van der Waals surface area (Å²) in [7, 11) is 4.83. The first-order chi connectivity index (χ1) is 15.8. The van der Waals surface area contributed by atoms with Gasteiger partial charge in [0.1, 0.15) is 12.2 Å². The lowest BCUT2D eigenvalue weighted by molar-refractivity contribution is -0.270. The van der Waals surface area contributed by atoms with Gasteiger partial charge >= 0.3 is 0 Å². The molecule has 0 fully saturated rings. The Labute approximate surface area is 196 Å². The lowest BCUT2D eigenvalue weighted by atomic mass is 10.0. The second-order valence-electron chi connectivity index (χ2n) is 7.41. The van der Waals surface area contributed by atoms with Crippen LogP contribution in [0.4, 0.5) is 0 Å². The molecule has 2 rings (SSSR count). The molecule has 9 heteroatoms. The third-order valence-electron chi connectivity index (χ3n) is 5.79. The van der Waals surface area contributed by atoms with Gasteiger partial charge in [-0.3, -0.25) is 0 Å². The molecule has 0 aromatic heterocycles. The summed E-state index contributed by atoms with van der Waals surface area (Å²) in [5, 5.41) is 0. The molecule has 2 aromatic rings. The van der Waals surface area contributed by atoms with Gasteiger partial charge in [-0.15, -0.1) is 0 Å². The van der Waals surface area contributed by atoms with Crippen molar-refractivity contribution in [2.24, 2.45) is 0 Å². The Hall–Kier alpha value is -1.85. The zero-order chi connectivity index (χ0) is 24.5. The van der Waals surface area contributed by atoms with E-state index in [1.54, 1.807) is 24.3 Å². The van der Waals surface area contributed by atoms with E-state index in [9.17, 15) is 8.42 Å². The van der Waals surface area contributed by atoms with Crippen LogP contribution in [0, 0.1) is 0 Å². The Morgan fingerprint density at radius 2 is 0.909 bits per heavy atom. The fourth-order valence-electron chi connectivity index (χ4n) is 4.07. The van der Waals surface area contributed by atoms with Crippen molar-refractivity contribution in [2.45, 2.75) is 23.8 Å². The molecule has 2 aromatic carbocycles. The van der Waals surface area contributed by atoms with E-state index in [0.717, 1.165) is 0 Å². The van der Waals surface area contributed by atoms with Crippen molar-refractivity contribution in [3.63, 3.8) is 0 Å². The Bertz CT molecular complexity index is 854. The molecule has 0 bridgehead atoms. The maximum Gasteiger partial charge on any atom is 0.222 e. The van der Waals surface area contributed by atoms with Gasteiger partial charge in [0.2, 0.25) is 11.6 Å². The van der Waals surface area contributed by atoms with Gasteiger partial charge in [0, 0.05) is 53.8 Å². The minimum atomic E-state index is -3.80. The summed E-state index contributed by atoms with van der Waals surface area (Å²) >= 11 is 0. The summed E-state index contributed by atoms with van der Waals surface area (Å²) in [6.45, 7) is 0. The second kappa shape index (κ2) is 12.0. The summed E-state index contributed by atoms with van der Waals surface area (Å²) in [5.74, 6) is -3.63. The molecule has 33 heavy (non-hydrogen) atoms. The predicted octanol–water partition coefficient (Wildman–Crippen LogP) is 2.72. The van der Waals surface area contributed by atoms with Crippen molar-refractivity contribution in [3.8, 4) is 0 Å². The van der Waals surface area contributed by atoms with Gasteiger partial charge in [-0.1, -0.05) is 60.7 Å². The highest BCUT2D eigenvalue weighted by Gasteiger charge is 2.48. The molecular weight excluding hydrogens is 448 g/mol. The number of benzene rings is 2. The van der Waals surface area contributed by atoms with E-state index in [-0.39, 0.29) is 0 Å². The van der Waals surface area contributed by atoms with Crippen LogP contribution in [0.3, 0.4) is 0 Å². The summed E-state index contributed by atoms with van der Waals surface area (Å²) in [5.41, 5.74) is 1.26. The van der Waals surface area contributed by atoms with E-state index in [0.29, 0.717) is 11.1 Å². The number of sulfone groups is 1. The summed E-state index contributed by atoms with van der Waals surface area (Å²) in [4.78, 5) is 0. The average Bonchev–Trinajstić information content (AvgIpc) is 2.86. The van der Waals surface area contributed by atoms with E-state index < -0.39 is 45.1 Å². The normalized spacial score (nSPS) is 14.7. The number of hydrogen-bond acceptors (Lipinski definition) is 8. The zero-order valence-corrected chi connectivity index (χ0v) is 20.8. The van der Waals surface area contributed by atoms with Crippen molar-refractivity contribution < 1.29 is 36.8 Å². The van der Waals surface area contributed by atoms with Crippen LogP contribution < -0.4 is 0 Å². The Morgan fingerprint density at radius 1 is 0.606 bits per heavy atom. The van der Waals surface area contributed by atoms with Crippen LogP contribution in [-0.2, 0) is 49.8 Å². The van der Waals surface area contributed by atoms with Crippen LogP contribution >= 0.6 is 0 Å².